The number of rotatable bonds is 6. The smallest absolute Gasteiger partial charge is 0.269 e. The minimum atomic E-state index is -0.414. The van der Waals surface area contributed by atoms with Crippen molar-refractivity contribution in [1.82, 2.24) is 10.3 Å². The number of carbonyl (C=O) groups is 2. The number of anilines is 1. The molecule has 0 aliphatic rings. The minimum absolute atomic E-state index is 0.131. The number of aromatic nitrogens is 1. The summed E-state index contributed by atoms with van der Waals surface area (Å²) in [5.41, 5.74) is 3.78. The van der Waals surface area contributed by atoms with Gasteiger partial charge in [0.15, 0.2) is 0 Å². The highest BCUT2D eigenvalue weighted by Crippen LogP contribution is 2.17. The van der Waals surface area contributed by atoms with E-state index in [0.717, 1.165) is 11.1 Å². The number of pyridine rings is 1. The molecule has 2 amide bonds. The maximum absolute atomic E-state index is 13.6. The molecule has 0 spiro atoms. The number of carbonyl (C=O) groups excluding carboxylic acids is 2. The summed E-state index contributed by atoms with van der Waals surface area (Å²) in [6.07, 6.45) is 1.79. The fraction of sp³-hybridized carbons (Fsp3) is 0.174. The summed E-state index contributed by atoms with van der Waals surface area (Å²) in [4.78, 5) is 28.9. The van der Waals surface area contributed by atoms with Crippen LogP contribution < -0.4 is 10.6 Å². The zero-order valence-electron chi connectivity index (χ0n) is 16.3. The number of nitrogens with zero attached hydrogens (tertiary/aromatic N) is 1. The Morgan fingerprint density at radius 3 is 2.55 bits per heavy atom. The molecule has 5 nitrogen and oxygen atoms in total. The number of amides is 2. The molecule has 1 aromatic heterocycles. The summed E-state index contributed by atoms with van der Waals surface area (Å²) >= 11 is 0. The Bertz CT molecular complexity index is 1050. The molecule has 29 heavy (non-hydrogen) atoms. The summed E-state index contributed by atoms with van der Waals surface area (Å²) in [6, 6.07) is 15.2. The molecule has 0 fully saturated rings. The van der Waals surface area contributed by atoms with Crippen molar-refractivity contribution >= 4 is 17.5 Å². The molecule has 0 atom stereocenters. The molecule has 3 aromatic rings. The van der Waals surface area contributed by atoms with Crippen molar-refractivity contribution in [3.8, 4) is 0 Å². The summed E-state index contributed by atoms with van der Waals surface area (Å²) in [7, 11) is 0. The fourth-order valence-electron chi connectivity index (χ4n) is 2.95. The molecule has 3 rings (SSSR count). The molecule has 1 heterocycles. The predicted octanol–water partition coefficient (Wildman–Crippen LogP) is 4.06. The van der Waals surface area contributed by atoms with Gasteiger partial charge >= 0.3 is 0 Å². The Kier molecular flexibility index (Phi) is 6.34. The van der Waals surface area contributed by atoms with E-state index in [-0.39, 0.29) is 24.0 Å². The highest BCUT2D eigenvalue weighted by atomic mass is 19.1. The van der Waals surface area contributed by atoms with E-state index in [0.29, 0.717) is 23.2 Å². The summed E-state index contributed by atoms with van der Waals surface area (Å²) in [5, 5.41) is 5.56. The average molecular weight is 391 g/mol. The van der Waals surface area contributed by atoms with Gasteiger partial charge in [-0.05, 0) is 55.7 Å². The molecule has 0 saturated carbocycles. The Morgan fingerprint density at radius 1 is 1.00 bits per heavy atom. The Labute approximate surface area is 169 Å². The second kappa shape index (κ2) is 9.10. The molecule has 0 saturated heterocycles. The van der Waals surface area contributed by atoms with Gasteiger partial charge in [0.1, 0.15) is 11.5 Å². The Hall–Kier alpha value is -3.54. The first kappa shape index (κ1) is 20.2. The van der Waals surface area contributed by atoms with Gasteiger partial charge in [0.05, 0.1) is 0 Å². The molecule has 0 aliphatic carbocycles. The number of halogens is 1. The van der Waals surface area contributed by atoms with Crippen LogP contribution in [0.1, 0.15) is 37.5 Å². The average Bonchev–Trinajstić information content (AvgIpc) is 2.71. The fourth-order valence-corrected chi connectivity index (χ4v) is 2.95. The van der Waals surface area contributed by atoms with Gasteiger partial charge in [0.25, 0.3) is 11.8 Å². The van der Waals surface area contributed by atoms with E-state index >= 15 is 0 Å². The van der Waals surface area contributed by atoms with Gasteiger partial charge in [-0.1, -0.05) is 35.9 Å². The van der Waals surface area contributed by atoms with E-state index in [1.165, 1.54) is 18.3 Å². The van der Waals surface area contributed by atoms with Crippen LogP contribution in [0.15, 0.2) is 60.8 Å². The normalized spacial score (nSPS) is 10.4. The molecule has 0 bridgehead atoms. The first-order valence-corrected chi connectivity index (χ1v) is 9.30. The molecule has 0 radical (unpaired) electrons. The maximum Gasteiger partial charge on any atom is 0.269 e. The summed E-state index contributed by atoms with van der Waals surface area (Å²) in [6.45, 7) is 4.17. The maximum atomic E-state index is 13.6. The van der Waals surface area contributed by atoms with Gasteiger partial charge in [0, 0.05) is 24.0 Å². The van der Waals surface area contributed by atoms with Crippen molar-refractivity contribution in [2.75, 3.05) is 11.9 Å². The van der Waals surface area contributed by atoms with E-state index in [2.05, 4.69) is 15.6 Å². The van der Waals surface area contributed by atoms with E-state index in [9.17, 15) is 14.0 Å². The Balaban J connectivity index is 1.63. The van der Waals surface area contributed by atoms with E-state index in [4.69, 9.17) is 0 Å². The monoisotopic (exact) mass is 391 g/mol. The number of hydrogen-bond donors (Lipinski definition) is 2. The number of aryl methyl sites for hydroxylation is 2. The van der Waals surface area contributed by atoms with Crippen LogP contribution in [0.3, 0.4) is 0 Å². The van der Waals surface area contributed by atoms with Crippen molar-refractivity contribution < 1.29 is 14.0 Å². The van der Waals surface area contributed by atoms with Crippen molar-refractivity contribution in [3.63, 3.8) is 0 Å². The van der Waals surface area contributed by atoms with E-state index in [1.54, 1.807) is 24.3 Å². The van der Waals surface area contributed by atoms with Gasteiger partial charge < -0.3 is 10.6 Å². The molecule has 6 heteroatoms. The highest BCUT2D eigenvalue weighted by molar-refractivity contribution is 6.06. The summed E-state index contributed by atoms with van der Waals surface area (Å²) < 4.78 is 13.6. The third kappa shape index (κ3) is 5.25. The lowest BCUT2D eigenvalue weighted by Gasteiger charge is -2.10. The second-order valence-corrected chi connectivity index (χ2v) is 6.80. The lowest BCUT2D eigenvalue weighted by Crippen LogP contribution is -2.27. The topological polar surface area (TPSA) is 71.1 Å². The van der Waals surface area contributed by atoms with Gasteiger partial charge in [-0.25, -0.2) is 4.39 Å². The first-order chi connectivity index (χ1) is 13.9. The molecule has 0 unspecified atom stereocenters. The van der Waals surface area contributed by atoms with Crippen LogP contribution in [0.2, 0.25) is 0 Å². The van der Waals surface area contributed by atoms with Gasteiger partial charge in [-0.3, -0.25) is 14.6 Å². The minimum Gasteiger partial charge on any atom is -0.350 e. The predicted molar refractivity (Wildman–Crippen MR) is 111 cm³/mol. The standard InChI is InChI=1S/C23H22FN3O2/c1-15-7-8-20(16(2)13-15)27-22(28)18-10-11-25-21(14-18)23(29)26-12-9-17-5-3-4-6-19(17)24/h3-8,10-11,13-14H,9,12H2,1-2H3,(H,26,29)(H,27,28). The molecule has 148 valence electrons. The lowest BCUT2D eigenvalue weighted by atomic mass is 10.1. The van der Waals surface area contributed by atoms with Crippen LogP contribution in [-0.2, 0) is 6.42 Å². The molecule has 0 aliphatic heterocycles. The third-order valence-corrected chi connectivity index (χ3v) is 4.52. The SMILES string of the molecule is Cc1ccc(NC(=O)c2ccnc(C(=O)NCCc3ccccc3F)c2)c(C)c1. The van der Waals surface area contributed by atoms with Gasteiger partial charge in [-0.15, -0.1) is 0 Å². The van der Waals surface area contributed by atoms with Crippen LogP contribution >= 0.6 is 0 Å². The van der Waals surface area contributed by atoms with E-state index in [1.807, 2.05) is 32.0 Å². The van der Waals surface area contributed by atoms with Crippen LogP contribution in [0.25, 0.3) is 0 Å². The zero-order chi connectivity index (χ0) is 20.8. The summed E-state index contributed by atoms with van der Waals surface area (Å²) in [5.74, 6) is -1.03. The molecular weight excluding hydrogens is 369 g/mol. The highest BCUT2D eigenvalue weighted by Gasteiger charge is 2.13. The van der Waals surface area contributed by atoms with Crippen LogP contribution in [-0.4, -0.2) is 23.3 Å². The first-order valence-electron chi connectivity index (χ1n) is 9.30. The zero-order valence-corrected chi connectivity index (χ0v) is 16.3. The number of benzene rings is 2. The lowest BCUT2D eigenvalue weighted by molar-refractivity contribution is 0.0949. The number of hydrogen-bond acceptors (Lipinski definition) is 3. The van der Waals surface area contributed by atoms with Gasteiger partial charge in [-0.2, -0.15) is 0 Å². The van der Waals surface area contributed by atoms with Gasteiger partial charge in [0.2, 0.25) is 0 Å². The van der Waals surface area contributed by atoms with Crippen LogP contribution in [0, 0.1) is 19.7 Å². The molecular formula is C23H22FN3O2. The van der Waals surface area contributed by atoms with Crippen LogP contribution in [0.5, 0.6) is 0 Å². The molecule has 2 aromatic carbocycles. The van der Waals surface area contributed by atoms with E-state index < -0.39 is 5.91 Å². The third-order valence-electron chi connectivity index (χ3n) is 4.52. The quantitative estimate of drug-likeness (QED) is 0.666. The van der Waals surface area contributed by atoms with Crippen LogP contribution in [0.4, 0.5) is 10.1 Å². The second-order valence-electron chi connectivity index (χ2n) is 6.80. The largest absolute Gasteiger partial charge is 0.350 e. The van der Waals surface area contributed by atoms with Crippen molar-refractivity contribution in [2.45, 2.75) is 20.3 Å². The van der Waals surface area contributed by atoms with Crippen molar-refractivity contribution in [3.05, 3.63) is 94.6 Å². The Morgan fingerprint density at radius 2 is 1.79 bits per heavy atom. The van der Waals surface area contributed by atoms with Crippen molar-refractivity contribution in [1.29, 1.82) is 0 Å². The van der Waals surface area contributed by atoms with Crippen molar-refractivity contribution in [2.24, 2.45) is 0 Å². The molecule has 2 N–H and O–H groups in total. The number of nitrogens with one attached hydrogen (secondary N) is 2.